The van der Waals surface area contributed by atoms with Crippen LogP contribution in [0.3, 0.4) is 0 Å². The molecule has 0 spiro atoms. The molecule has 4 heteroatoms. The number of hydrogen-bond acceptors (Lipinski definition) is 4. The Bertz CT molecular complexity index is 433. The van der Waals surface area contributed by atoms with Crippen molar-refractivity contribution in [3.63, 3.8) is 0 Å². The second-order valence-electron chi connectivity index (χ2n) is 6.29. The van der Waals surface area contributed by atoms with Gasteiger partial charge in [-0.05, 0) is 31.6 Å². The van der Waals surface area contributed by atoms with Crippen LogP contribution in [0.25, 0.3) is 0 Å². The van der Waals surface area contributed by atoms with E-state index < -0.39 is 0 Å². The lowest BCUT2D eigenvalue weighted by Gasteiger charge is -2.18. The van der Waals surface area contributed by atoms with Crippen LogP contribution in [0, 0.1) is 5.92 Å². The summed E-state index contributed by atoms with van der Waals surface area (Å²) in [5.74, 6) is 3.73. The first kappa shape index (κ1) is 16.1. The standard InChI is InChI=1S/C17H30N4/c1-4-11-18-16-12-17(21-15(5-2)20-16)19-14-8-6-7-13(3)9-10-14/h12-14H,4-11H2,1-3H3,(H2,18,19,20,21). The fraction of sp³-hybridized carbons (Fsp3) is 0.765. The summed E-state index contributed by atoms with van der Waals surface area (Å²) in [6.07, 6.45) is 8.51. The van der Waals surface area contributed by atoms with Crippen molar-refractivity contribution in [1.82, 2.24) is 9.97 Å². The molecule has 1 heterocycles. The zero-order chi connectivity index (χ0) is 15.1. The van der Waals surface area contributed by atoms with Gasteiger partial charge in [0.25, 0.3) is 0 Å². The zero-order valence-corrected chi connectivity index (χ0v) is 13.8. The third kappa shape index (κ3) is 5.18. The third-order valence-corrected chi connectivity index (χ3v) is 4.25. The normalized spacial score (nSPS) is 22.6. The Hall–Kier alpha value is -1.32. The molecule has 2 N–H and O–H groups in total. The molecule has 0 amide bonds. The minimum absolute atomic E-state index is 0.564. The van der Waals surface area contributed by atoms with Gasteiger partial charge in [-0.25, -0.2) is 9.97 Å². The Morgan fingerprint density at radius 1 is 1.10 bits per heavy atom. The lowest BCUT2D eigenvalue weighted by atomic mass is 10.0. The van der Waals surface area contributed by atoms with Crippen molar-refractivity contribution in [3.8, 4) is 0 Å². The molecule has 21 heavy (non-hydrogen) atoms. The summed E-state index contributed by atoms with van der Waals surface area (Å²) in [7, 11) is 0. The highest BCUT2D eigenvalue weighted by atomic mass is 15.1. The monoisotopic (exact) mass is 290 g/mol. The number of rotatable bonds is 6. The van der Waals surface area contributed by atoms with Gasteiger partial charge in [-0.1, -0.05) is 33.6 Å². The van der Waals surface area contributed by atoms with Gasteiger partial charge in [0.1, 0.15) is 17.5 Å². The van der Waals surface area contributed by atoms with Crippen LogP contribution >= 0.6 is 0 Å². The quantitative estimate of drug-likeness (QED) is 0.769. The zero-order valence-electron chi connectivity index (χ0n) is 13.8. The Morgan fingerprint density at radius 3 is 2.67 bits per heavy atom. The van der Waals surface area contributed by atoms with E-state index >= 15 is 0 Å². The van der Waals surface area contributed by atoms with Crippen molar-refractivity contribution < 1.29 is 0 Å². The van der Waals surface area contributed by atoms with Gasteiger partial charge < -0.3 is 10.6 Å². The summed E-state index contributed by atoms with van der Waals surface area (Å²) in [6, 6.07) is 2.62. The largest absolute Gasteiger partial charge is 0.370 e. The van der Waals surface area contributed by atoms with Crippen LogP contribution in [0.5, 0.6) is 0 Å². The SMILES string of the molecule is CCCNc1cc(NC2CCCC(C)CC2)nc(CC)n1. The predicted molar refractivity (Wildman–Crippen MR) is 89.9 cm³/mol. The molecule has 0 bridgehead atoms. The molecule has 1 aliphatic rings. The first-order valence-electron chi connectivity index (χ1n) is 8.59. The lowest BCUT2D eigenvalue weighted by Crippen LogP contribution is -2.20. The van der Waals surface area contributed by atoms with Crippen molar-refractivity contribution in [2.45, 2.75) is 71.8 Å². The number of hydrogen-bond donors (Lipinski definition) is 2. The average Bonchev–Trinajstić information content (AvgIpc) is 2.69. The maximum absolute atomic E-state index is 4.64. The van der Waals surface area contributed by atoms with E-state index in [1.54, 1.807) is 0 Å². The fourth-order valence-corrected chi connectivity index (χ4v) is 2.91. The van der Waals surface area contributed by atoms with Gasteiger partial charge in [0, 0.05) is 25.1 Å². The number of nitrogens with zero attached hydrogens (tertiary/aromatic N) is 2. The Labute approximate surface area is 129 Å². The molecule has 1 saturated carbocycles. The molecular weight excluding hydrogens is 260 g/mol. The first-order chi connectivity index (χ1) is 10.2. The van der Waals surface area contributed by atoms with Crippen molar-refractivity contribution in [2.75, 3.05) is 17.2 Å². The summed E-state index contributed by atoms with van der Waals surface area (Å²) < 4.78 is 0. The molecule has 4 nitrogen and oxygen atoms in total. The molecular formula is C17H30N4. The van der Waals surface area contributed by atoms with E-state index in [-0.39, 0.29) is 0 Å². The molecule has 1 aromatic heterocycles. The smallest absolute Gasteiger partial charge is 0.132 e. The number of nitrogens with one attached hydrogen (secondary N) is 2. The molecule has 2 unspecified atom stereocenters. The van der Waals surface area contributed by atoms with Crippen LogP contribution in [0.4, 0.5) is 11.6 Å². The third-order valence-electron chi connectivity index (χ3n) is 4.25. The molecule has 118 valence electrons. The Kier molecular flexibility index (Phi) is 6.27. The second-order valence-corrected chi connectivity index (χ2v) is 6.29. The van der Waals surface area contributed by atoms with E-state index in [0.717, 1.165) is 42.8 Å². The van der Waals surface area contributed by atoms with Gasteiger partial charge in [-0.3, -0.25) is 0 Å². The Morgan fingerprint density at radius 2 is 1.90 bits per heavy atom. The minimum atomic E-state index is 0.564. The van der Waals surface area contributed by atoms with E-state index in [2.05, 4.69) is 47.4 Å². The van der Waals surface area contributed by atoms with Crippen LogP contribution in [-0.2, 0) is 6.42 Å². The minimum Gasteiger partial charge on any atom is -0.370 e. The van der Waals surface area contributed by atoms with Gasteiger partial charge in [-0.2, -0.15) is 0 Å². The van der Waals surface area contributed by atoms with E-state index in [1.807, 2.05) is 0 Å². The summed E-state index contributed by atoms with van der Waals surface area (Å²) >= 11 is 0. The highest BCUT2D eigenvalue weighted by Crippen LogP contribution is 2.25. The fourth-order valence-electron chi connectivity index (χ4n) is 2.91. The lowest BCUT2D eigenvalue weighted by molar-refractivity contribution is 0.502. The van der Waals surface area contributed by atoms with Crippen LogP contribution in [0.2, 0.25) is 0 Å². The molecule has 2 atom stereocenters. The molecule has 0 radical (unpaired) electrons. The first-order valence-corrected chi connectivity index (χ1v) is 8.59. The maximum Gasteiger partial charge on any atom is 0.132 e. The van der Waals surface area contributed by atoms with Gasteiger partial charge in [0.05, 0.1) is 0 Å². The molecule has 0 saturated heterocycles. The van der Waals surface area contributed by atoms with Gasteiger partial charge >= 0.3 is 0 Å². The average molecular weight is 290 g/mol. The summed E-state index contributed by atoms with van der Waals surface area (Å²) in [5, 5.41) is 7.02. The van der Waals surface area contributed by atoms with E-state index in [9.17, 15) is 0 Å². The molecule has 1 aliphatic carbocycles. The maximum atomic E-state index is 4.64. The van der Waals surface area contributed by atoms with Gasteiger partial charge in [-0.15, -0.1) is 0 Å². The van der Waals surface area contributed by atoms with Gasteiger partial charge in [0.2, 0.25) is 0 Å². The molecule has 2 rings (SSSR count). The molecule has 0 aliphatic heterocycles. The van der Waals surface area contributed by atoms with Crippen molar-refractivity contribution >= 4 is 11.6 Å². The van der Waals surface area contributed by atoms with Crippen molar-refractivity contribution in [3.05, 3.63) is 11.9 Å². The van der Waals surface area contributed by atoms with Crippen LogP contribution in [-0.4, -0.2) is 22.6 Å². The van der Waals surface area contributed by atoms with Crippen LogP contribution in [0.15, 0.2) is 6.07 Å². The van der Waals surface area contributed by atoms with Crippen LogP contribution < -0.4 is 10.6 Å². The molecule has 0 aromatic carbocycles. The topological polar surface area (TPSA) is 49.8 Å². The van der Waals surface area contributed by atoms with E-state index in [4.69, 9.17) is 0 Å². The highest BCUT2D eigenvalue weighted by molar-refractivity contribution is 5.48. The van der Waals surface area contributed by atoms with Crippen molar-refractivity contribution in [1.29, 1.82) is 0 Å². The summed E-state index contributed by atoms with van der Waals surface area (Å²) in [6.45, 7) is 7.60. The second kappa shape index (κ2) is 8.20. The molecule has 1 aromatic rings. The summed E-state index contributed by atoms with van der Waals surface area (Å²) in [4.78, 5) is 9.19. The van der Waals surface area contributed by atoms with E-state index in [1.165, 1.54) is 32.1 Å². The predicted octanol–water partition coefficient (Wildman–Crippen LogP) is 4.24. The van der Waals surface area contributed by atoms with Crippen LogP contribution in [0.1, 0.15) is 65.1 Å². The number of aryl methyl sites for hydroxylation is 1. The number of anilines is 2. The number of aromatic nitrogens is 2. The van der Waals surface area contributed by atoms with E-state index in [0.29, 0.717) is 6.04 Å². The highest BCUT2D eigenvalue weighted by Gasteiger charge is 2.16. The van der Waals surface area contributed by atoms with Gasteiger partial charge in [0.15, 0.2) is 0 Å². The Balaban J connectivity index is 2.03. The summed E-state index contributed by atoms with van der Waals surface area (Å²) in [5.41, 5.74) is 0. The van der Waals surface area contributed by atoms with Crippen molar-refractivity contribution in [2.24, 2.45) is 5.92 Å². The molecule has 1 fully saturated rings.